The van der Waals surface area contributed by atoms with Gasteiger partial charge in [-0.3, -0.25) is 0 Å². The number of hydrogen-bond acceptors (Lipinski definition) is 4. The molecule has 0 saturated carbocycles. The van der Waals surface area contributed by atoms with Crippen LogP contribution in [0.25, 0.3) is 10.6 Å². The van der Waals surface area contributed by atoms with Crippen molar-refractivity contribution in [3.8, 4) is 10.6 Å². The smallest absolute Gasteiger partial charge is 0.159 e. The number of nitrogens with zero attached hydrogens (tertiary/aromatic N) is 1. The lowest BCUT2D eigenvalue weighted by Gasteiger charge is -1.97. The number of anilines is 1. The van der Waals surface area contributed by atoms with Crippen LogP contribution >= 0.6 is 11.3 Å². The van der Waals surface area contributed by atoms with Gasteiger partial charge >= 0.3 is 0 Å². The SMILES string of the molecule is NNc1csc(-c2ccc(F)c(F)c2)n1. The van der Waals surface area contributed by atoms with Crippen molar-refractivity contribution in [3.05, 3.63) is 35.2 Å². The summed E-state index contributed by atoms with van der Waals surface area (Å²) in [7, 11) is 0. The third kappa shape index (κ3) is 1.95. The largest absolute Gasteiger partial charge is 0.308 e. The summed E-state index contributed by atoms with van der Waals surface area (Å²) in [5.74, 6) is 3.90. The van der Waals surface area contributed by atoms with E-state index in [4.69, 9.17) is 5.84 Å². The number of nitrogens with two attached hydrogens (primary N) is 1. The summed E-state index contributed by atoms with van der Waals surface area (Å²) in [4.78, 5) is 4.06. The molecule has 3 N–H and O–H groups in total. The van der Waals surface area contributed by atoms with Crippen LogP contribution in [0.3, 0.4) is 0 Å². The van der Waals surface area contributed by atoms with Crippen LogP contribution in [0, 0.1) is 11.6 Å². The van der Waals surface area contributed by atoms with Crippen LogP contribution in [-0.2, 0) is 0 Å². The van der Waals surface area contributed by atoms with E-state index < -0.39 is 11.6 Å². The summed E-state index contributed by atoms with van der Waals surface area (Å²) in [5, 5.41) is 2.28. The maximum Gasteiger partial charge on any atom is 0.159 e. The monoisotopic (exact) mass is 227 g/mol. The summed E-state index contributed by atoms with van der Waals surface area (Å²) in [5.41, 5.74) is 2.90. The number of aromatic nitrogens is 1. The minimum Gasteiger partial charge on any atom is -0.308 e. The molecule has 1 aromatic heterocycles. The predicted molar refractivity (Wildman–Crippen MR) is 55.3 cm³/mol. The Labute approximate surface area is 88.5 Å². The van der Waals surface area contributed by atoms with E-state index in [9.17, 15) is 8.78 Å². The van der Waals surface area contributed by atoms with E-state index in [-0.39, 0.29) is 0 Å². The highest BCUT2D eigenvalue weighted by molar-refractivity contribution is 7.13. The zero-order chi connectivity index (χ0) is 10.8. The molecule has 0 radical (unpaired) electrons. The first-order valence-corrected chi connectivity index (χ1v) is 4.96. The van der Waals surface area contributed by atoms with Gasteiger partial charge in [-0.2, -0.15) is 0 Å². The number of halogens is 2. The van der Waals surface area contributed by atoms with Crippen LogP contribution in [0.15, 0.2) is 23.6 Å². The Morgan fingerprint density at radius 2 is 2.07 bits per heavy atom. The van der Waals surface area contributed by atoms with E-state index in [0.29, 0.717) is 16.4 Å². The second-order valence-corrected chi connectivity index (χ2v) is 3.67. The molecule has 0 bridgehead atoms. The van der Waals surface area contributed by atoms with Gasteiger partial charge in [-0.1, -0.05) is 0 Å². The summed E-state index contributed by atoms with van der Waals surface area (Å²) in [6.07, 6.45) is 0. The molecule has 78 valence electrons. The fourth-order valence-electron chi connectivity index (χ4n) is 1.10. The third-order valence-electron chi connectivity index (χ3n) is 1.82. The summed E-state index contributed by atoms with van der Waals surface area (Å²) in [6, 6.07) is 3.65. The van der Waals surface area contributed by atoms with Crippen molar-refractivity contribution in [1.29, 1.82) is 0 Å². The van der Waals surface area contributed by atoms with Gasteiger partial charge in [-0.25, -0.2) is 19.6 Å². The number of nitrogens with one attached hydrogen (secondary N) is 1. The Balaban J connectivity index is 2.40. The topological polar surface area (TPSA) is 50.9 Å². The van der Waals surface area contributed by atoms with Crippen LogP contribution < -0.4 is 11.3 Å². The quantitative estimate of drug-likeness (QED) is 0.611. The highest BCUT2D eigenvalue weighted by atomic mass is 32.1. The van der Waals surface area contributed by atoms with Crippen molar-refractivity contribution in [2.24, 2.45) is 5.84 Å². The maximum absolute atomic E-state index is 12.9. The van der Waals surface area contributed by atoms with E-state index >= 15 is 0 Å². The van der Waals surface area contributed by atoms with E-state index in [1.165, 1.54) is 17.4 Å². The van der Waals surface area contributed by atoms with Gasteiger partial charge in [-0.15, -0.1) is 11.3 Å². The first-order chi connectivity index (χ1) is 7.20. The molecule has 0 aliphatic carbocycles. The molecule has 1 aromatic carbocycles. The van der Waals surface area contributed by atoms with Crippen LogP contribution in [0.1, 0.15) is 0 Å². The Morgan fingerprint density at radius 3 is 2.67 bits per heavy atom. The number of thiazole rings is 1. The minimum absolute atomic E-state index is 0.500. The minimum atomic E-state index is -0.884. The highest BCUT2D eigenvalue weighted by Crippen LogP contribution is 2.26. The molecule has 1 heterocycles. The molecule has 0 saturated heterocycles. The maximum atomic E-state index is 12.9. The van der Waals surface area contributed by atoms with Gasteiger partial charge in [0, 0.05) is 10.9 Å². The van der Waals surface area contributed by atoms with E-state index in [2.05, 4.69) is 10.4 Å². The molecule has 0 spiro atoms. The molecule has 0 fully saturated rings. The molecule has 3 nitrogen and oxygen atoms in total. The average molecular weight is 227 g/mol. The molecule has 0 unspecified atom stereocenters. The molecule has 15 heavy (non-hydrogen) atoms. The molecule has 6 heteroatoms. The molecule has 0 aliphatic heterocycles. The summed E-state index contributed by atoms with van der Waals surface area (Å²) in [6.45, 7) is 0. The Morgan fingerprint density at radius 1 is 1.27 bits per heavy atom. The van der Waals surface area contributed by atoms with E-state index in [0.717, 1.165) is 12.1 Å². The number of hydrazine groups is 1. The van der Waals surface area contributed by atoms with Gasteiger partial charge in [0.05, 0.1) is 0 Å². The molecule has 0 amide bonds. The van der Waals surface area contributed by atoms with Crippen LogP contribution in [-0.4, -0.2) is 4.98 Å². The van der Waals surface area contributed by atoms with Crippen molar-refractivity contribution >= 4 is 17.2 Å². The second-order valence-electron chi connectivity index (χ2n) is 2.81. The lowest BCUT2D eigenvalue weighted by atomic mass is 10.2. The molecule has 0 aliphatic rings. The van der Waals surface area contributed by atoms with Gasteiger partial charge in [0.15, 0.2) is 17.5 Å². The third-order valence-corrected chi connectivity index (χ3v) is 2.71. The van der Waals surface area contributed by atoms with Crippen LogP contribution in [0.5, 0.6) is 0 Å². The van der Waals surface area contributed by atoms with Crippen molar-refractivity contribution in [2.45, 2.75) is 0 Å². The van der Waals surface area contributed by atoms with Gasteiger partial charge in [-0.05, 0) is 18.2 Å². The van der Waals surface area contributed by atoms with Crippen molar-refractivity contribution in [1.82, 2.24) is 4.98 Å². The van der Waals surface area contributed by atoms with Gasteiger partial charge in [0.25, 0.3) is 0 Å². The Hall–Kier alpha value is -1.53. The number of hydrogen-bond donors (Lipinski definition) is 2. The lowest BCUT2D eigenvalue weighted by molar-refractivity contribution is 0.509. The Bertz CT molecular complexity index is 484. The molecule has 2 rings (SSSR count). The number of nitrogen functional groups attached to an aromatic ring is 1. The first-order valence-electron chi connectivity index (χ1n) is 4.08. The zero-order valence-corrected chi connectivity index (χ0v) is 8.31. The fraction of sp³-hybridized carbons (Fsp3) is 0. The van der Waals surface area contributed by atoms with Crippen LogP contribution in [0.4, 0.5) is 14.6 Å². The summed E-state index contributed by atoms with van der Waals surface area (Å²) < 4.78 is 25.6. The normalized spacial score (nSPS) is 10.3. The van der Waals surface area contributed by atoms with Crippen LogP contribution in [0.2, 0.25) is 0 Å². The van der Waals surface area contributed by atoms with E-state index in [1.807, 2.05) is 0 Å². The first kappa shape index (κ1) is 10.0. The lowest BCUT2D eigenvalue weighted by Crippen LogP contribution is -2.06. The zero-order valence-electron chi connectivity index (χ0n) is 7.50. The molecule has 0 atom stereocenters. The standard InChI is InChI=1S/C9H7F2N3S/c10-6-2-1-5(3-7(6)11)9-13-8(14-12)4-15-9/h1-4,14H,12H2. The Kier molecular flexibility index (Phi) is 2.61. The van der Waals surface area contributed by atoms with Gasteiger partial charge < -0.3 is 5.43 Å². The van der Waals surface area contributed by atoms with E-state index in [1.54, 1.807) is 5.38 Å². The van der Waals surface area contributed by atoms with Crippen molar-refractivity contribution in [3.63, 3.8) is 0 Å². The average Bonchev–Trinajstić information content (AvgIpc) is 2.70. The summed E-state index contributed by atoms with van der Waals surface area (Å²) >= 11 is 1.30. The molecular weight excluding hydrogens is 220 g/mol. The van der Waals surface area contributed by atoms with Gasteiger partial charge in [0.1, 0.15) is 5.01 Å². The van der Waals surface area contributed by atoms with Crippen molar-refractivity contribution in [2.75, 3.05) is 5.43 Å². The van der Waals surface area contributed by atoms with Gasteiger partial charge in [0.2, 0.25) is 0 Å². The highest BCUT2D eigenvalue weighted by Gasteiger charge is 2.07. The fourth-order valence-corrected chi connectivity index (χ4v) is 1.86. The second kappa shape index (κ2) is 3.92. The predicted octanol–water partition coefficient (Wildman–Crippen LogP) is 2.37. The van der Waals surface area contributed by atoms with Crippen molar-refractivity contribution < 1.29 is 8.78 Å². The number of rotatable bonds is 2. The number of benzene rings is 1. The molecular formula is C9H7F2N3S. The molecule has 2 aromatic rings.